The number of ether oxygens (including phenoxy) is 1. The number of piperidine rings is 1. The van der Waals surface area contributed by atoms with E-state index in [1.54, 1.807) is 0 Å². The highest BCUT2D eigenvalue weighted by Crippen LogP contribution is 2.26. The molecule has 0 aliphatic carbocycles. The highest BCUT2D eigenvalue weighted by Gasteiger charge is 2.22. The average molecular weight is 660 g/mol. The third-order valence-corrected chi connectivity index (χ3v) is 9.03. The van der Waals surface area contributed by atoms with Gasteiger partial charge in [0.15, 0.2) is 0 Å². The smallest absolute Gasteiger partial charge is 0.251 e. The predicted molar refractivity (Wildman–Crippen MR) is 188 cm³/mol. The molecule has 240 valence electrons. The Balaban J connectivity index is 0.000000502. The summed E-state index contributed by atoms with van der Waals surface area (Å²) in [6.07, 6.45) is 7.45. The van der Waals surface area contributed by atoms with Gasteiger partial charge in [-0.1, -0.05) is 87.1 Å². The van der Waals surface area contributed by atoms with Crippen molar-refractivity contribution in [3.05, 3.63) is 98.0 Å². The number of hydrogen-bond acceptors (Lipinski definition) is 3. The van der Waals surface area contributed by atoms with Gasteiger partial charge >= 0.3 is 0 Å². The first-order valence-corrected chi connectivity index (χ1v) is 17.2. The molecule has 1 heterocycles. The number of benzene rings is 3. The van der Waals surface area contributed by atoms with E-state index >= 15 is 0 Å². The van der Waals surface area contributed by atoms with Crippen molar-refractivity contribution in [1.29, 1.82) is 0 Å². The fourth-order valence-corrected chi connectivity index (χ4v) is 5.79. The number of nitrogens with zero attached hydrogens (tertiary/aromatic N) is 1. The van der Waals surface area contributed by atoms with Crippen molar-refractivity contribution >= 4 is 40.7 Å². The summed E-state index contributed by atoms with van der Waals surface area (Å²) in [5, 5.41) is 5.25. The molecule has 3 aromatic rings. The van der Waals surface area contributed by atoms with E-state index in [1.165, 1.54) is 11.1 Å². The summed E-state index contributed by atoms with van der Waals surface area (Å²) in [7, 11) is 0. The molecular weight excluding hydrogens is 611 g/mol. The molecule has 4 rings (SSSR count). The Morgan fingerprint density at radius 1 is 0.886 bits per heavy atom. The average Bonchev–Trinajstić information content (AvgIpc) is 3.00. The molecule has 1 fully saturated rings. The lowest BCUT2D eigenvalue weighted by atomic mass is 9.99. The second-order valence-electron chi connectivity index (χ2n) is 12.2. The van der Waals surface area contributed by atoms with Crippen LogP contribution in [-0.2, 0) is 13.0 Å². The van der Waals surface area contributed by atoms with Crippen molar-refractivity contribution in [2.24, 2.45) is 5.92 Å². The van der Waals surface area contributed by atoms with Crippen molar-refractivity contribution in [3.63, 3.8) is 0 Å². The second kappa shape index (κ2) is 18.7. The maximum atomic E-state index is 12.9. The van der Waals surface area contributed by atoms with Crippen molar-refractivity contribution in [1.82, 2.24) is 10.2 Å². The van der Waals surface area contributed by atoms with Crippen LogP contribution < -0.4 is 10.1 Å². The van der Waals surface area contributed by atoms with Crippen LogP contribution in [0.2, 0.25) is 15.1 Å². The number of rotatable bonds is 12. The molecule has 0 saturated carbocycles. The molecule has 1 aliphatic rings. The van der Waals surface area contributed by atoms with E-state index in [0.29, 0.717) is 21.5 Å². The lowest BCUT2D eigenvalue weighted by Gasteiger charge is -2.32. The molecule has 1 saturated heterocycles. The maximum absolute atomic E-state index is 12.9. The Morgan fingerprint density at radius 2 is 1.57 bits per heavy atom. The minimum atomic E-state index is 0.0115. The van der Waals surface area contributed by atoms with Gasteiger partial charge < -0.3 is 10.1 Å². The highest BCUT2D eigenvalue weighted by molar-refractivity contribution is 6.42. The molecule has 1 N–H and O–H groups in total. The van der Waals surface area contributed by atoms with Crippen molar-refractivity contribution in [3.8, 4) is 5.75 Å². The van der Waals surface area contributed by atoms with E-state index in [-0.39, 0.29) is 18.1 Å². The Bertz CT molecular complexity index is 1300. The van der Waals surface area contributed by atoms with Gasteiger partial charge in [-0.3, -0.25) is 9.69 Å². The van der Waals surface area contributed by atoms with E-state index in [1.807, 2.05) is 67.6 Å². The van der Waals surface area contributed by atoms with Crippen LogP contribution in [0.3, 0.4) is 0 Å². The van der Waals surface area contributed by atoms with Crippen LogP contribution in [-0.4, -0.2) is 36.0 Å². The van der Waals surface area contributed by atoms with Crippen LogP contribution >= 0.6 is 34.8 Å². The molecule has 4 nitrogen and oxygen atoms in total. The van der Waals surface area contributed by atoms with Gasteiger partial charge in [0.05, 0.1) is 10.0 Å². The molecule has 3 aromatic carbocycles. The number of carbonyl (C=O) groups excluding carboxylic acids is 1. The first-order valence-electron chi connectivity index (χ1n) is 16.1. The van der Waals surface area contributed by atoms with Crippen LogP contribution in [0.4, 0.5) is 0 Å². The fourth-order valence-electron chi connectivity index (χ4n) is 5.34. The fraction of sp³-hybridized carbons (Fsp3) is 0.486. The SMILES string of the molecule is CCCC(CCC(C)C)NC(=O)c1ccc(OC2CCN(Cc3ccc(Cl)c(Cl)c3)CC2)c(C)c1.CCc1ccc(Cl)cc1. The number of amides is 1. The summed E-state index contributed by atoms with van der Waals surface area (Å²) in [5.74, 6) is 1.53. The lowest BCUT2D eigenvalue weighted by Crippen LogP contribution is -2.38. The van der Waals surface area contributed by atoms with Gasteiger partial charge in [-0.2, -0.15) is 0 Å². The molecule has 1 unspecified atom stereocenters. The monoisotopic (exact) mass is 658 g/mol. The minimum Gasteiger partial charge on any atom is -0.490 e. The zero-order valence-corrected chi connectivity index (χ0v) is 29.2. The Labute approximate surface area is 280 Å². The molecule has 0 spiro atoms. The number of nitrogens with one attached hydrogen (secondary N) is 1. The molecule has 7 heteroatoms. The van der Waals surface area contributed by atoms with E-state index < -0.39 is 0 Å². The molecular formula is C37H49Cl3N2O2. The van der Waals surface area contributed by atoms with Crippen LogP contribution in [0.15, 0.2) is 60.7 Å². The minimum absolute atomic E-state index is 0.0115. The summed E-state index contributed by atoms with van der Waals surface area (Å²) in [5.41, 5.74) is 4.22. The van der Waals surface area contributed by atoms with Crippen LogP contribution in [0.1, 0.15) is 93.3 Å². The number of aryl methyl sites for hydroxylation is 2. The van der Waals surface area contributed by atoms with Crippen molar-refractivity contribution in [2.45, 2.75) is 98.3 Å². The first-order chi connectivity index (χ1) is 21.1. The summed E-state index contributed by atoms with van der Waals surface area (Å²) in [6, 6.07) is 19.8. The molecule has 0 aromatic heterocycles. The highest BCUT2D eigenvalue weighted by atomic mass is 35.5. The summed E-state index contributed by atoms with van der Waals surface area (Å²) in [6.45, 7) is 13.6. The summed E-state index contributed by atoms with van der Waals surface area (Å²) in [4.78, 5) is 15.3. The van der Waals surface area contributed by atoms with Gasteiger partial charge in [-0.15, -0.1) is 0 Å². The van der Waals surface area contributed by atoms with Gasteiger partial charge in [-0.05, 0) is 111 Å². The topological polar surface area (TPSA) is 41.6 Å². The standard InChI is InChI=1S/C29H40Cl2N2O2.C8H9Cl/c1-5-6-24(10-7-20(2)3)32-29(34)23-9-12-28(21(4)17-23)35-25-13-15-33(16-14-25)19-22-8-11-26(30)27(31)18-22;1-2-7-3-5-8(9)6-4-7/h8-9,11-12,17-18,20,24-25H,5-7,10,13-16,19H2,1-4H3,(H,32,34);3-6H,2H2,1H3. The molecule has 44 heavy (non-hydrogen) atoms. The number of hydrogen-bond donors (Lipinski definition) is 1. The maximum Gasteiger partial charge on any atom is 0.251 e. The Kier molecular flexibility index (Phi) is 15.4. The molecule has 1 aliphatic heterocycles. The Morgan fingerprint density at radius 3 is 2.16 bits per heavy atom. The van der Waals surface area contributed by atoms with Gasteiger partial charge in [-0.25, -0.2) is 0 Å². The van der Waals surface area contributed by atoms with Crippen LogP contribution in [0, 0.1) is 12.8 Å². The van der Waals surface area contributed by atoms with Crippen molar-refractivity contribution < 1.29 is 9.53 Å². The van der Waals surface area contributed by atoms with Gasteiger partial charge in [0.2, 0.25) is 0 Å². The molecule has 0 bridgehead atoms. The first kappa shape index (κ1) is 36.2. The third-order valence-electron chi connectivity index (χ3n) is 8.04. The molecule has 1 amide bonds. The Hall–Kier alpha value is -2.24. The van der Waals surface area contributed by atoms with E-state index in [9.17, 15) is 4.79 Å². The lowest BCUT2D eigenvalue weighted by molar-refractivity contribution is 0.0929. The molecule has 1 atom stereocenters. The zero-order chi connectivity index (χ0) is 32.1. The van der Waals surface area contributed by atoms with Gasteiger partial charge in [0, 0.05) is 36.3 Å². The van der Waals surface area contributed by atoms with E-state index in [0.717, 1.165) is 80.9 Å². The van der Waals surface area contributed by atoms with Gasteiger partial charge in [0.25, 0.3) is 5.91 Å². The predicted octanol–water partition coefficient (Wildman–Crippen LogP) is 10.6. The quantitative estimate of drug-likeness (QED) is 0.210. The summed E-state index contributed by atoms with van der Waals surface area (Å²) < 4.78 is 6.34. The zero-order valence-electron chi connectivity index (χ0n) is 27.0. The number of halogens is 3. The van der Waals surface area contributed by atoms with E-state index in [4.69, 9.17) is 39.5 Å². The largest absolute Gasteiger partial charge is 0.490 e. The number of carbonyl (C=O) groups is 1. The second-order valence-corrected chi connectivity index (χ2v) is 13.5. The van der Waals surface area contributed by atoms with Crippen LogP contribution in [0.25, 0.3) is 0 Å². The summed E-state index contributed by atoms with van der Waals surface area (Å²) >= 11 is 17.9. The van der Waals surface area contributed by atoms with Crippen molar-refractivity contribution in [2.75, 3.05) is 13.1 Å². The third kappa shape index (κ3) is 12.3. The van der Waals surface area contributed by atoms with E-state index in [2.05, 4.69) is 37.9 Å². The van der Waals surface area contributed by atoms with Crippen LogP contribution in [0.5, 0.6) is 5.75 Å². The van der Waals surface area contributed by atoms with Gasteiger partial charge in [0.1, 0.15) is 11.9 Å². The molecule has 0 radical (unpaired) electrons. The number of likely N-dealkylation sites (tertiary alicyclic amines) is 1. The normalized spacial score (nSPS) is 14.6.